The second kappa shape index (κ2) is 6.40. The second-order valence-corrected chi connectivity index (χ2v) is 6.63. The number of aromatic nitrogens is 1. The number of rotatable bonds is 5. The first-order valence-electron chi connectivity index (χ1n) is 6.11. The summed E-state index contributed by atoms with van der Waals surface area (Å²) in [4.78, 5) is 3.87. The zero-order valence-electron chi connectivity index (χ0n) is 11.1. The first kappa shape index (κ1) is 15.7. The number of benzene rings is 1. The van der Waals surface area contributed by atoms with E-state index >= 15 is 0 Å². The molecule has 0 atom stereocenters. The van der Waals surface area contributed by atoms with Gasteiger partial charge in [0.1, 0.15) is 5.82 Å². The van der Waals surface area contributed by atoms with E-state index in [9.17, 15) is 12.8 Å². The lowest BCUT2D eigenvalue weighted by molar-refractivity contribution is 0.595. The summed E-state index contributed by atoms with van der Waals surface area (Å²) in [6.07, 6.45) is 1.37. The Morgan fingerprint density at radius 1 is 1.29 bits per heavy atom. The molecule has 0 fully saturated rings. The Bertz CT molecular complexity index is 753. The zero-order valence-corrected chi connectivity index (χ0v) is 13.5. The summed E-state index contributed by atoms with van der Waals surface area (Å²) in [5, 5.41) is 2.73. The molecule has 0 amide bonds. The van der Waals surface area contributed by atoms with Crippen LogP contribution in [0.5, 0.6) is 0 Å². The van der Waals surface area contributed by atoms with Crippen LogP contribution in [0.1, 0.15) is 6.92 Å². The van der Waals surface area contributed by atoms with Crippen molar-refractivity contribution in [3.63, 3.8) is 0 Å². The second-order valence-electron chi connectivity index (χ2n) is 4.12. The predicted molar refractivity (Wildman–Crippen MR) is 83.3 cm³/mol. The third-order valence-corrected chi connectivity index (χ3v) is 4.38. The van der Waals surface area contributed by atoms with Crippen LogP contribution in [0.4, 0.5) is 15.8 Å². The number of anilines is 2. The first-order chi connectivity index (χ1) is 9.94. The monoisotopic (exact) mass is 373 g/mol. The lowest BCUT2D eigenvalue weighted by Crippen LogP contribution is -2.17. The molecular weight excluding hydrogens is 361 g/mol. The highest BCUT2D eigenvalue weighted by Crippen LogP contribution is 2.25. The number of nitrogens with one attached hydrogen (secondary N) is 2. The summed E-state index contributed by atoms with van der Waals surface area (Å²) in [5.41, 5.74) is 0.223. The maximum atomic E-state index is 13.7. The van der Waals surface area contributed by atoms with Gasteiger partial charge in [0, 0.05) is 17.2 Å². The van der Waals surface area contributed by atoms with Crippen LogP contribution in [0, 0.1) is 5.82 Å². The van der Waals surface area contributed by atoms with E-state index in [0.717, 1.165) is 0 Å². The Hall–Kier alpha value is -1.67. The molecule has 2 rings (SSSR count). The largest absolute Gasteiger partial charge is 0.383 e. The molecule has 0 saturated carbocycles. The molecule has 0 aliphatic rings. The Morgan fingerprint density at radius 3 is 2.76 bits per heavy atom. The minimum atomic E-state index is -3.99. The molecule has 1 aromatic heterocycles. The highest BCUT2D eigenvalue weighted by Gasteiger charge is 2.21. The topological polar surface area (TPSA) is 71.1 Å². The summed E-state index contributed by atoms with van der Waals surface area (Å²) in [7, 11) is -3.99. The normalized spacial score (nSPS) is 11.2. The minimum Gasteiger partial charge on any atom is -0.383 e. The Labute approximate surface area is 130 Å². The van der Waals surface area contributed by atoms with Gasteiger partial charge in [-0.25, -0.2) is 9.37 Å². The summed E-state index contributed by atoms with van der Waals surface area (Å²) in [6.45, 7) is 2.38. The maximum absolute atomic E-state index is 13.7. The molecule has 2 aromatic rings. The highest BCUT2D eigenvalue weighted by molar-refractivity contribution is 9.10. The van der Waals surface area contributed by atoms with E-state index in [1.165, 1.54) is 24.4 Å². The van der Waals surface area contributed by atoms with Crippen molar-refractivity contribution < 1.29 is 12.8 Å². The Balaban J connectivity index is 2.41. The van der Waals surface area contributed by atoms with Crippen LogP contribution in [0.25, 0.3) is 0 Å². The van der Waals surface area contributed by atoms with E-state index in [4.69, 9.17) is 0 Å². The third kappa shape index (κ3) is 3.70. The molecule has 0 aliphatic carbocycles. The molecule has 5 nitrogen and oxygen atoms in total. The first-order valence-corrected chi connectivity index (χ1v) is 8.38. The molecule has 2 N–H and O–H groups in total. The van der Waals surface area contributed by atoms with Gasteiger partial charge in [-0.05, 0) is 37.3 Å². The summed E-state index contributed by atoms with van der Waals surface area (Å²) >= 11 is 3.17. The van der Waals surface area contributed by atoms with Crippen LogP contribution in [0.3, 0.4) is 0 Å². The SMILES string of the molecule is CCNc1cccnc1S(=O)(=O)Nc1cc(Br)ccc1F. The molecule has 0 unspecified atom stereocenters. The van der Waals surface area contributed by atoms with E-state index in [-0.39, 0.29) is 10.7 Å². The fourth-order valence-corrected chi connectivity index (χ4v) is 3.23. The Kier molecular flexibility index (Phi) is 4.79. The number of hydrogen-bond donors (Lipinski definition) is 2. The van der Waals surface area contributed by atoms with Crippen LogP contribution in [-0.2, 0) is 10.0 Å². The van der Waals surface area contributed by atoms with Gasteiger partial charge in [0.2, 0.25) is 0 Å². The molecule has 0 saturated heterocycles. The highest BCUT2D eigenvalue weighted by atomic mass is 79.9. The number of pyridine rings is 1. The minimum absolute atomic E-state index is 0.141. The molecular formula is C13H13BrFN3O2S. The fourth-order valence-electron chi connectivity index (χ4n) is 1.70. The number of halogens is 2. The molecule has 21 heavy (non-hydrogen) atoms. The molecule has 0 radical (unpaired) electrons. The average molecular weight is 374 g/mol. The van der Waals surface area contributed by atoms with Crippen LogP contribution < -0.4 is 10.0 Å². The van der Waals surface area contributed by atoms with Crippen molar-refractivity contribution in [2.75, 3.05) is 16.6 Å². The lowest BCUT2D eigenvalue weighted by atomic mass is 10.3. The van der Waals surface area contributed by atoms with Crippen LogP contribution in [0.2, 0.25) is 0 Å². The van der Waals surface area contributed by atoms with Crippen molar-refractivity contribution in [3.8, 4) is 0 Å². The molecule has 0 bridgehead atoms. The zero-order chi connectivity index (χ0) is 15.5. The Morgan fingerprint density at radius 2 is 2.05 bits per heavy atom. The van der Waals surface area contributed by atoms with Gasteiger partial charge in [-0.2, -0.15) is 8.42 Å². The average Bonchev–Trinajstić information content (AvgIpc) is 2.43. The van der Waals surface area contributed by atoms with Gasteiger partial charge in [-0.1, -0.05) is 15.9 Å². The molecule has 112 valence electrons. The summed E-state index contributed by atoms with van der Waals surface area (Å²) < 4.78 is 41.2. The molecule has 8 heteroatoms. The summed E-state index contributed by atoms with van der Waals surface area (Å²) in [6, 6.07) is 7.23. The predicted octanol–water partition coefficient (Wildman–Crippen LogP) is 3.22. The van der Waals surface area contributed by atoms with Gasteiger partial charge in [-0.15, -0.1) is 0 Å². The standard InChI is InChI=1S/C13H13BrFN3O2S/c1-2-16-11-4-3-7-17-13(11)21(19,20)18-12-8-9(14)5-6-10(12)15/h3-8,16,18H,2H2,1H3. The van der Waals surface area contributed by atoms with E-state index in [1.54, 1.807) is 12.1 Å². The smallest absolute Gasteiger partial charge is 0.281 e. The number of hydrogen-bond acceptors (Lipinski definition) is 4. The quantitative estimate of drug-likeness (QED) is 0.843. The third-order valence-electron chi connectivity index (χ3n) is 2.57. The number of sulfonamides is 1. The lowest BCUT2D eigenvalue weighted by Gasteiger charge is -2.12. The summed E-state index contributed by atoms with van der Waals surface area (Å²) in [5.74, 6) is -0.664. The van der Waals surface area contributed by atoms with Gasteiger partial charge in [-0.3, -0.25) is 4.72 Å². The van der Waals surface area contributed by atoms with Crippen LogP contribution in [-0.4, -0.2) is 19.9 Å². The van der Waals surface area contributed by atoms with E-state index in [2.05, 4.69) is 31.0 Å². The van der Waals surface area contributed by atoms with Crippen LogP contribution in [0.15, 0.2) is 46.0 Å². The molecule has 0 spiro atoms. The fraction of sp³-hybridized carbons (Fsp3) is 0.154. The van der Waals surface area contributed by atoms with Crippen LogP contribution >= 0.6 is 15.9 Å². The molecule has 1 aromatic carbocycles. The van der Waals surface area contributed by atoms with E-state index in [0.29, 0.717) is 16.7 Å². The van der Waals surface area contributed by atoms with Crippen molar-refractivity contribution in [2.24, 2.45) is 0 Å². The van der Waals surface area contributed by atoms with Gasteiger partial charge in [0.25, 0.3) is 10.0 Å². The van der Waals surface area contributed by atoms with Crippen molar-refractivity contribution >= 4 is 37.3 Å². The number of nitrogens with zero attached hydrogens (tertiary/aromatic N) is 1. The molecule has 1 heterocycles. The van der Waals surface area contributed by atoms with Gasteiger partial charge >= 0.3 is 0 Å². The van der Waals surface area contributed by atoms with E-state index < -0.39 is 15.8 Å². The van der Waals surface area contributed by atoms with Crippen molar-refractivity contribution in [3.05, 3.63) is 46.8 Å². The van der Waals surface area contributed by atoms with Gasteiger partial charge in [0.05, 0.1) is 11.4 Å². The van der Waals surface area contributed by atoms with Gasteiger partial charge < -0.3 is 5.32 Å². The van der Waals surface area contributed by atoms with Crippen molar-refractivity contribution in [1.29, 1.82) is 0 Å². The van der Waals surface area contributed by atoms with E-state index in [1.807, 2.05) is 6.92 Å². The molecule has 0 aliphatic heterocycles. The van der Waals surface area contributed by atoms with Crippen molar-refractivity contribution in [2.45, 2.75) is 11.9 Å². The van der Waals surface area contributed by atoms with Gasteiger partial charge in [0.15, 0.2) is 5.03 Å². The van der Waals surface area contributed by atoms with Crippen molar-refractivity contribution in [1.82, 2.24) is 4.98 Å². The maximum Gasteiger partial charge on any atom is 0.281 e.